The number of carbonyl (C=O) groups is 1. The first-order chi connectivity index (χ1) is 10.8. The molecule has 0 aliphatic heterocycles. The number of anilines is 2. The number of aromatic nitrogens is 1. The molecule has 5 nitrogen and oxygen atoms in total. The van der Waals surface area contributed by atoms with Gasteiger partial charge in [-0.1, -0.05) is 0 Å². The van der Waals surface area contributed by atoms with Crippen molar-refractivity contribution in [1.29, 1.82) is 0 Å². The monoisotopic (exact) mass is 314 g/mol. The van der Waals surface area contributed by atoms with Gasteiger partial charge in [0.1, 0.15) is 11.5 Å². The van der Waals surface area contributed by atoms with Crippen LogP contribution in [0.25, 0.3) is 16.8 Å². The van der Waals surface area contributed by atoms with Gasteiger partial charge in [-0.2, -0.15) is 0 Å². The van der Waals surface area contributed by atoms with Gasteiger partial charge in [0, 0.05) is 31.9 Å². The molecule has 120 valence electrons. The van der Waals surface area contributed by atoms with E-state index in [2.05, 4.69) is 4.98 Å². The third kappa shape index (κ3) is 3.48. The summed E-state index contributed by atoms with van der Waals surface area (Å²) in [7, 11) is 3.33. The van der Waals surface area contributed by atoms with Crippen molar-refractivity contribution in [3.05, 3.63) is 47.9 Å². The second-order valence-electron chi connectivity index (χ2n) is 5.42. The summed E-state index contributed by atoms with van der Waals surface area (Å²) in [6, 6.07) is 6.16. The molecule has 23 heavy (non-hydrogen) atoms. The lowest BCUT2D eigenvalue weighted by Crippen LogP contribution is -2.19. The molecule has 0 unspecified atom stereocenters. The van der Waals surface area contributed by atoms with E-state index in [9.17, 15) is 9.18 Å². The SMILES string of the molecule is CC(=CC(=O)N(C)C)c1cc(N)c(N)c(-c2ncccc2F)c1. The average molecular weight is 314 g/mol. The van der Waals surface area contributed by atoms with Crippen LogP contribution in [0, 0.1) is 5.82 Å². The fourth-order valence-electron chi connectivity index (χ4n) is 2.08. The maximum Gasteiger partial charge on any atom is 0.246 e. The van der Waals surface area contributed by atoms with Gasteiger partial charge in [-0.3, -0.25) is 9.78 Å². The Bertz CT molecular complexity index is 784. The van der Waals surface area contributed by atoms with Gasteiger partial charge in [0.05, 0.1) is 11.4 Å². The van der Waals surface area contributed by atoms with Crippen LogP contribution in [-0.2, 0) is 4.79 Å². The predicted molar refractivity (Wildman–Crippen MR) is 90.8 cm³/mol. The molecular formula is C17H19FN4O. The number of pyridine rings is 1. The van der Waals surface area contributed by atoms with Crippen molar-refractivity contribution in [2.75, 3.05) is 25.6 Å². The Morgan fingerprint density at radius 2 is 2.00 bits per heavy atom. The lowest BCUT2D eigenvalue weighted by atomic mass is 9.99. The predicted octanol–water partition coefficient (Wildman–Crippen LogP) is 2.54. The molecular weight excluding hydrogens is 295 g/mol. The van der Waals surface area contributed by atoms with Crippen LogP contribution < -0.4 is 11.5 Å². The number of hydrogen-bond donors (Lipinski definition) is 2. The van der Waals surface area contributed by atoms with Gasteiger partial charge in [0.2, 0.25) is 5.91 Å². The van der Waals surface area contributed by atoms with Crippen LogP contribution in [0.2, 0.25) is 0 Å². The lowest BCUT2D eigenvalue weighted by molar-refractivity contribution is -0.123. The molecule has 1 heterocycles. The summed E-state index contributed by atoms with van der Waals surface area (Å²) in [5, 5.41) is 0. The van der Waals surface area contributed by atoms with E-state index < -0.39 is 5.82 Å². The summed E-state index contributed by atoms with van der Waals surface area (Å²) in [6.45, 7) is 1.78. The fourth-order valence-corrected chi connectivity index (χ4v) is 2.08. The number of carbonyl (C=O) groups excluding carboxylic acids is 1. The highest BCUT2D eigenvalue weighted by atomic mass is 19.1. The average Bonchev–Trinajstić information content (AvgIpc) is 2.50. The Morgan fingerprint density at radius 3 is 2.61 bits per heavy atom. The molecule has 0 bridgehead atoms. The van der Waals surface area contributed by atoms with Gasteiger partial charge in [0.25, 0.3) is 0 Å². The largest absolute Gasteiger partial charge is 0.397 e. The summed E-state index contributed by atoms with van der Waals surface area (Å²) in [4.78, 5) is 17.3. The number of likely N-dealkylation sites (N-methyl/N-ethyl adjacent to an activating group) is 1. The molecule has 1 aromatic carbocycles. The molecule has 0 atom stereocenters. The molecule has 0 aliphatic carbocycles. The summed E-state index contributed by atoms with van der Waals surface area (Å²) in [5.74, 6) is -0.634. The number of nitrogens with two attached hydrogens (primary N) is 2. The van der Waals surface area contributed by atoms with Crippen LogP contribution in [0.4, 0.5) is 15.8 Å². The minimum Gasteiger partial charge on any atom is -0.397 e. The molecule has 0 saturated carbocycles. The molecule has 0 radical (unpaired) electrons. The number of nitrogens with zero attached hydrogens (tertiary/aromatic N) is 2. The van der Waals surface area contributed by atoms with Crippen LogP contribution in [0.1, 0.15) is 12.5 Å². The molecule has 0 saturated heterocycles. The van der Waals surface area contributed by atoms with Gasteiger partial charge in [0.15, 0.2) is 0 Å². The van der Waals surface area contributed by atoms with Crippen molar-refractivity contribution in [3.63, 3.8) is 0 Å². The fraction of sp³-hybridized carbons (Fsp3) is 0.176. The first-order valence-corrected chi connectivity index (χ1v) is 7.01. The van der Waals surface area contributed by atoms with Crippen molar-refractivity contribution in [2.24, 2.45) is 0 Å². The van der Waals surface area contributed by atoms with Crippen molar-refractivity contribution in [1.82, 2.24) is 9.88 Å². The Labute approximate surface area is 134 Å². The van der Waals surface area contributed by atoms with Gasteiger partial charge in [-0.25, -0.2) is 4.39 Å². The molecule has 2 rings (SSSR count). The summed E-state index contributed by atoms with van der Waals surface area (Å²) < 4.78 is 14.0. The number of nitrogen functional groups attached to an aromatic ring is 2. The van der Waals surface area contributed by atoms with Gasteiger partial charge < -0.3 is 16.4 Å². The van der Waals surface area contributed by atoms with E-state index in [0.29, 0.717) is 22.4 Å². The minimum absolute atomic E-state index is 0.130. The third-order valence-electron chi connectivity index (χ3n) is 3.46. The topological polar surface area (TPSA) is 85.2 Å². The number of allylic oxidation sites excluding steroid dienone is 1. The smallest absolute Gasteiger partial charge is 0.246 e. The molecule has 1 aromatic heterocycles. The van der Waals surface area contributed by atoms with E-state index in [1.165, 1.54) is 29.3 Å². The Hall–Kier alpha value is -2.89. The number of rotatable bonds is 3. The van der Waals surface area contributed by atoms with E-state index in [1.54, 1.807) is 33.2 Å². The molecule has 0 spiro atoms. The summed E-state index contributed by atoms with van der Waals surface area (Å²) in [5.41, 5.74) is 14.4. The summed E-state index contributed by atoms with van der Waals surface area (Å²) in [6.07, 6.45) is 2.97. The lowest BCUT2D eigenvalue weighted by Gasteiger charge is -2.13. The Morgan fingerprint density at radius 1 is 1.30 bits per heavy atom. The molecule has 4 N–H and O–H groups in total. The quantitative estimate of drug-likeness (QED) is 0.673. The first kappa shape index (κ1) is 16.5. The van der Waals surface area contributed by atoms with Crippen molar-refractivity contribution >= 4 is 22.9 Å². The highest BCUT2D eigenvalue weighted by Crippen LogP contribution is 2.34. The normalized spacial score (nSPS) is 11.4. The zero-order chi connectivity index (χ0) is 17.1. The molecule has 2 aromatic rings. The van der Waals surface area contributed by atoms with Crippen molar-refractivity contribution < 1.29 is 9.18 Å². The zero-order valence-corrected chi connectivity index (χ0v) is 13.3. The molecule has 1 amide bonds. The maximum absolute atomic E-state index is 14.0. The first-order valence-electron chi connectivity index (χ1n) is 7.01. The van der Waals surface area contributed by atoms with E-state index >= 15 is 0 Å². The molecule has 6 heteroatoms. The van der Waals surface area contributed by atoms with Crippen LogP contribution >= 0.6 is 0 Å². The van der Waals surface area contributed by atoms with E-state index in [-0.39, 0.29) is 17.3 Å². The summed E-state index contributed by atoms with van der Waals surface area (Å²) >= 11 is 0. The van der Waals surface area contributed by atoms with Crippen LogP contribution in [0.5, 0.6) is 0 Å². The highest BCUT2D eigenvalue weighted by molar-refractivity contribution is 5.96. The Kier molecular flexibility index (Phi) is 4.64. The minimum atomic E-state index is -0.484. The maximum atomic E-state index is 14.0. The van der Waals surface area contributed by atoms with Crippen LogP contribution in [0.15, 0.2) is 36.5 Å². The zero-order valence-electron chi connectivity index (χ0n) is 13.3. The number of benzene rings is 1. The second-order valence-corrected chi connectivity index (χ2v) is 5.42. The molecule has 0 fully saturated rings. The van der Waals surface area contributed by atoms with Crippen molar-refractivity contribution in [2.45, 2.75) is 6.92 Å². The van der Waals surface area contributed by atoms with E-state index in [1.807, 2.05) is 0 Å². The second kappa shape index (κ2) is 6.48. The number of amides is 1. The number of hydrogen-bond acceptors (Lipinski definition) is 4. The van der Waals surface area contributed by atoms with E-state index in [4.69, 9.17) is 11.5 Å². The third-order valence-corrected chi connectivity index (χ3v) is 3.46. The van der Waals surface area contributed by atoms with Crippen LogP contribution in [0.3, 0.4) is 0 Å². The van der Waals surface area contributed by atoms with E-state index in [0.717, 1.165) is 0 Å². The highest BCUT2D eigenvalue weighted by Gasteiger charge is 2.14. The van der Waals surface area contributed by atoms with Crippen molar-refractivity contribution in [3.8, 4) is 11.3 Å². The molecule has 0 aliphatic rings. The van der Waals surface area contributed by atoms with Gasteiger partial charge in [-0.05, 0) is 42.3 Å². The Balaban J connectivity index is 2.58. The van der Waals surface area contributed by atoms with Crippen LogP contribution in [-0.4, -0.2) is 29.9 Å². The van der Waals surface area contributed by atoms with Gasteiger partial charge in [-0.15, -0.1) is 0 Å². The standard InChI is InChI=1S/C17H19FN4O/c1-10(7-15(23)22(2)3)11-8-12(16(20)14(19)9-11)17-13(18)5-4-6-21-17/h4-9H,19-20H2,1-3H3. The van der Waals surface area contributed by atoms with Gasteiger partial charge >= 0.3 is 0 Å². The number of halogens is 1.